The van der Waals surface area contributed by atoms with Crippen molar-refractivity contribution in [3.05, 3.63) is 91.5 Å². The van der Waals surface area contributed by atoms with Crippen LogP contribution in [0.1, 0.15) is 41.0 Å². The second kappa shape index (κ2) is 9.07. The average Bonchev–Trinajstić information content (AvgIpc) is 2.74. The van der Waals surface area contributed by atoms with Gasteiger partial charge in [-0.05, 0) is 68.7 Å². The van der Waals surface area contributed by atoms with E-state index in [0.717, 1.165) is 20.4 Å². The van der Waals surface area contributed by atoms with Crippen LogP contribution in [0.5, 0.6) is 0 Å². The van der Waals surface area contributed by atoms with Gasteiger partial charge in [0.25, 0.3) is 11.5 Å². The molecule has 0 saturated heterocycles. The molecule has 31 heavy (non-hydrogen) atoms. The maximum atomic E-state index is 13.7. The van der Waals surface area contributed by atoms with Crippen molar-refractivity contribution in [1.29, 1.82) is 0 Å². The Morgan fingerprint density at radius 2 is 1.74 bits per heavy atom. The molecule has 0 radical (unpaired) electrons. The summed E-state index contributed by atoms with van der Waals surface area (Å²) in [5.41, 5.74) is 0.987. The third kappa shape index (κ3) is 4.47. The van der Waals surface area contributed by atoms with Crippen LogP contribution < -0.4 is 11.2 Å². The van der Waals surface area contributed by atoms with Crippen molar-refractivity contribution in [2.75, 3.05) is 13.1 Å². The number of hydrogen-bond donors (Lipinski definition) is 0. The number of halogens is 1. The number of aryl methyl sites for hydroxylation is 2. The maximum Gasteiger partial charge on any atom is 0.352 e. The molecule has 162 valence electrons. The normalized spacial score (nSPS) is 10.9. The molecule has 1 aromatic heterocycles. The summed E-state index contributed by atoms with van der Waals surface area (Å²) in [7, 11) is 0. The van der Waals surface area contributed by atoms with Crippen molar-refractivity contribution in [1.82, 2.24) is 19.2 Å². The van der Waals surface area contributed by atoms with Gasteiger partial charge in [-0.1, -0.05) is 18.2 Å². The second-order valence-corrected chi connectivity index (χ2v) is 7.31. The largest absolute Gasteiger partial charge is 0.352 e. The number of nitrogens with zero attached hydrogens (tertiary/aromatic N) is 4. The Bertz CT molecular complexity index is 1240. The summed E-state index contributed by atoms with van der Waals surface area (Å²) in [6.07, 6.45) is 0. The van der Waals surface area contributed by atoms with E-state index in [1.54, 1.807) is 32.0 Å². The number of amides is 1. The zero-order valence-electron chi connectivity index (χ0n) is 18.1. The number of rotatable bonds is 6. The van der Waals surface area contributed by atoms with Gasteiger partial charge < -0.3 is 4.90 Å². The van der Waals surface area contributed by atoms with Crippen molar-refractivity contribution < 1.29 is 9.18 Å². The summed E-state index contributed by atoms with van der Waals surface area (Å²) in [4.78, 5) is 40.8. The molecule has 0 saturated carbocycles. The van der Waals surface area contributed by atoms with E-state index >= 15 is 0 Å². The molecule has 0 fully saturated rings. The summed E-state index contributed by atoms with van der Waals surface area (Å²) in [6.45, 7) is 8.04. The third-order valence-corrected chi connectivity index (χ3v) is 5.28. The van der Waals surface area contributed by atoms with Gasteiger partial charge >= 0.3 is 5.69 Å². The van der Waals surface area contributed by atoms with Crippen LogP contribution in [0.25, 0.3) is 5.69 Å². The Morgan fingerprint density at radius 3 is 2.35 bits per heavy atom. The van der Waals surface area contributed by atoms with Crippen LogP contribution in [0.2, 0.25) is 0 Å². The van der Waals surface area contributed by atoms with E-state index in [4.69, 9.17) is 0 Å². The zero-order chi connectivity index (χ0) is 22.7. The first-order valence-corrected chi connectivity index (χ1v) is 10.1. The van der Waals surface area contributed by atoms with Crippen LogP contribution in [-0.2, 0) is 6.54 Å². The van der Waals surface area contributed by atoms with Crippen LogP contribution >= 0.6 is 0 Å². The molecule has 3 aromatic rings. The van der Waals surface area contributed by atoms with Gasteiger partial charge in [0.1, 0.15) is 5.82 Å². The van der Waals surface area contributed by atoms with Crippen molar-refractivity contribution in [3.63, 3.8) is 0 Å². The molecule has 0 N–H and O–H groups in total. The van der Waals surface area contributed by atoms with Crippen molar-refractivity contribution >= 4 is 5.91 Å². The first kappa shape index (κ1) is 22.1. The molecule has 0 aliphatic heterocycles. The highest BCUT2D eigenvalue weighted by Gasteiger charge is 2.23. The zero-order valence-corrected chi connectivity index (χ0v) is 18.1. The number of aromatic nitrogens is 3. The van der Waals surface area contributed by atoms with Gasteiger partial charge in [-0.15, -0.1) is 0 Å². The van der Waals surface area contributed by atoms with Crippen LogP contribution in [-0.4, -0.2) is 38.2 Å². The van der Waals surface area contributed by atoms with Crippen molar-refractivity contribution in [2.45, 2.75) is 34.2 Å². The lowest BCUT2D eigenvalue weighted by Gasteiger charge is -2.19. The van der Waals surface area contributed by atoms with Crippen LogP contribution in [0.3, 0.4) is 0 Å². The summed E-state index contributed by atoms with van der Waals surface area (Å²) in [6, 6.07) is 11.0. The highest BCUT2D eigenvalue weighted by Crippen LogP contribution is 2.12. The molecule has 0 spiro atoms. The molecule has 0 aliphatic carbocycles. The van der Waals surface area contributed by atoms with E-state index in [2.05, 4.69) is 5.10 Å². The summed E-state index contributed by atoms with van der Waals surface area (Å²) < 4.78 is 15.6. The van der Waals surface area contributed by atoms with Gasteiger partial charge in [-0.25, -0.2) is 9.18 Å². The Labute approximate surface area is 179 Å². The van der Waals surface area contributed by atoms with Crippen LogP contribution in [0, 0.1) is 19.7 Å². The number of carbonyl (C=O) groups is 1. The molecule has 1 heterocycles. The van der Waals surface area contributed by atoms with Gasteiger partial charge in [0.05, 0.1) is 12.2 Å². The first-order chi connectivity index (χ1) is 14.8. The first-order valence-electron chi connectivity index (χ1n) is 10.1. The molecule has 1 amide bonds. The number of benzene rings is 2. The molecule has 2 aromatic carbocycles. The third-order valence-electron chi connectivity index (χ3n) is 5.28. The summed E-state index contributed by atoms with van der Waals surface area (Å²) in [5.74, 6) is -1.03. The molecular weight excluding hydrogens is 399 g/mol. The SMILES string of the molecule is CCN(CC)C(=O)c1nn(-c2ccc(C)c(C)c2)c(=O)n(Cc2cccc(F)c2)c1=O. The standard InChI is InChI=1S/C23H25FN4O3/c1-5-26(6-2)21(29)20-22(30)27(14-17-8-7-9-18(24)13-17)23(31)28(25-20)19-11-10-15(3)16(4)12-19/h7-13H,5-6,14H2,1-4H3. The molecule has 0 bridgehead atoms. The lowest BCUT2D eigenvalue weighted by atomic mass is 10.1. The monoisotopic (exact) mass is 424 g/mol. The lowest BCUT2D eigenvalue weighted by Crippen LogP contribution is -2.46. The predicted molar refractivity (Wildman–Crippen MR) is 116 cm³/mol. The molecule has 3 rings (SSSR count). The van der Waals surface area contributed by atoms with E-state index in [1.165, 1.54) is 23.1 Å². The minimum Gasteiger partial charge on any atom is -0.338 e. The average molecular weight is 424 g/mol. The highest BCUT2D eigenvalue weighted by molar-refractivity contribution is 5.91. The smallest absolute Gasteiger partial charge is 0.338 e. The fraction of sp³-hybridized carbons (Fsp3) is 0.304. The predicted octanol–water partition coefficient (Wildman–Crippen LogP) is 2.68. The maximum absolute atomic E-state index is 13.7. The van der Waals surface area contributed by atoms with Crippen LogP contribution in [0.4, 0.5) is 4.39 Å². The Hall–Kier alpha value is -3.55. The van der Waals surface area contributed by atoms with E-state index in [1.807, 2.05) is 19.9 Å². The van der Waals surface area contributed by atoms with E-state index in [9.17, 15) is 18.8 Å². The topological polar surface area (TPSA) is 77.2 Å². The Kier molecular flexibility index (Phi) is 6.48. The van der Waals surface area contributed by atoms with Crippen molar-refractivity contribution in [3.8, 4) is 5.69 Å². The fourth-order valence-corrected chi connectivity index (χ4v) is 3.29. The molecule has 0 unspecified atom stereocenters. The highest BCUT2D eigenvalue weighted by atomic mass is 19.1. The minimum atomic E-state index is -0.800. The lowest BCUT2D eigenvalue weighted by molar-refractivity contribution is 0.0761. The van der Waals surface area contributed by atoms with Crippen molar-refractivity contribution in [2.24, 2.45) is 0 Å². The van der Waals surface area contributed by atoms with E-state index in [-0.39, 0.29) is 12.2 Å². The molecule has 0 aliphatic rings. The summed E-state index contributed by atoms with van der Waals surface area (Å²) >= 11 is 0. The second-order valence-electron chi connectivity index (χ2n) is 7.31. The Morgan fingerprint density at radius 1 is 1.03 bits per heavy atom. The molecular formula is C23H25FN4O3. The van der Waals surface area contributed by atoms with Gasteiger partial charge in [0.15, 0.2) is 0 Å². The van der Waals surface area contributed by atoms with Gasteiger partial charge in [-0.2, -0.15) is 9.78 Å². The molecule has 7 nitrogen and oxygen atoms in total. The quantitative estimate of drug-likeness (QED) is 0.610. The van der Waals surface area contributed by atoms with Gasteiger partial charge in [0, 0.05) is 13.1 Å². The van der Waals surface area contributed by atoms with Gasteiger partial charge in [-0.3, -0.25) is 14.2 Å². The molecule has 0 atom stereocenters. The van der Waals surface area contributed by atoms with Crippen LogP contribution in [0.15, 0.2) is 52.1 Å². The summed E-state index contributed by atoms with van der Waals surface area (Å²) in [5, 5.41) is 4.15. The van der Waals surface area contributed by atoms with Gasteiger partial charge in [0.2, 0.25) is 5.69 Å². The molecule has 8 heteroatoms. The van der Waals surface area contributed by atoms with E-state index in [0.29, 0.717) is 24.3 Å². The number of hydrogen-bond acceptors (Lipinski definition) is 4. The fourth-order valence-electron chi connectivity index (χ4n) is 3.29. The number of carbonyl (C=O) groups excluding carboxylic acids is 1. The Balaban J connectivity index is 2.26. The van der Waals surface area contributed by atoms with E-state index < -0.39 is 23.0 Å². The minimum absolute atomic E-state index is 0.179.